The fourth-order valence-corrected chi connectivity index (χ4v) is 2.84. The molecular weight excluding hydrogens is 326 g/mol. The molecule has 0 bridgehead atoms. The second kappa shape index (κ2) is 7.20. The summed E-state index contributed by atoms with van der Waals surface area (Å²) in [5.74, 6) is -0.0561. The molecule has 4 rings (SSSR count). The number of rotatable bonds is 7. The number of hydrogen-bond acceptors (Lipinski definition) is 3. The van der Waals surface area contributed by atoms with E-state index in [0.717, 1.165) is 36.9 Å². The molecule has 0 unspecified atom stereocenters. The molecule has 2 aromatic carbocycles. The first-order chi connectivity index (χ1) is 12.7. The Balaban J connectivity index is 1.47. The predicted octanol–water partition coefficient (Wildman–Crippen LogP) is 3.01. The van der Waals surface area contributed by atoms with Gasteiger partial charge < -0.3 is 16.0 Å². The molecule has 2 amide bonds. The van der Waals surface area contributed by atoms with Gasteiger partial charge in [-0.25, -0.2) is 0 Å². The summed E-state index contributed by atoms with van der Waals surface area (Å²) in [6.07, 6.45) is 4.25. The summed E-state index contributed by atoms with van der Waals surface area (Å²) in [5, 5.41) is 9.35. The summed E-state index contributed by atoms with van der Waals surface area (Å²) in [6.45, 7) is 0. The maximum Gasteiger partial charge on any atom is 0.251 e. The molecule has 5 nitrogen and oxygen atoms in total. The van der Waals surface area contributed by atoms with E-state index in [1.54, 1.807) is 12.1 Å². The molecule has 2 aromatic rings. The van der Waals surface area contributed by atoms with Crippen LogP contribution >= 0.6 is 0 Å². The molecule has 0 heterocycles. The van der Waals surface area contributed by atoms with Crippen LogP contribution in [0.25, 0.3) is 0 Å². The highest BCUT2D eigenvalue weighted by Crippen LogP contribution is 2.24. The summed E-state index contributed by atoms with van der Waals surface area (Å²) in [6, 6.07) is 17.2. The van der Waals surface area contributed by atoms with Crippen LogP contribution in [0.5, 0.6) is 0 Å². The molecule has 3 N–H and O–H groups in total. The zero-order chi connectivity index (χ0) is 17.9. The molecule has 5 heteroatoms. The van der Waals surface area contributed by atoms with Crippen molar-refractivity contribution < 1.29 is 9.59 Å². The van der Waals surface area contributed by atoms with Crippen LogP contribution in [0.2, 0.25) is 0 Å². The van der Waals surface area contributed by atoms with Crippen LogP contribution in [0.1, 0.15) is 47.6 Å². The van der Waals surface area contributed by atoms with E-state index in [1.807, 2.05) is 42.5 Å². The van der Waals surface area contributed by atoms with Gasteiger partial charge in [0.25, 0.3) is 5.91 Å². The number of carbonyl (C=O) groups is 2. The lowest BCUT2D eigenvalue weighted by Gasteiger charge is -2.20. The van der Waals surface area contributed by atoms with Crippen LogP contribution < -0.4 is 16.0 Å². The normalized spacial score (nSPS) is 17.2. The minimum Gasteiger partial charge on any atom is -0.370 e. The molecule has 134 valence electrons. The van der Waals surface area contributed by atoms with Crippen LogP contribution in [-0.2, 0) is 4.79 Å². The lowest BCUT2D eigenvalue weighted by atomic mass is 10.1. The molecule has 2 saturated carbocycles. The van der Waals surface area contributed by atoms with Gasteiger partial charge in [-0.3, -0.25) is 9.59 Å². The Morgan fingerprint density at radius 1 is 0.808 bits per heavy atom. The number of anilines is 1. The first kappa shape index (κ1) is 16.6. The van der Waals surface area contributed by atoms with Gasteiger partial charge in [0, 0.05) is 23.3 Å². The molecule has 26 heavy (non-hydrogen) atoms. The van der Waals surface area contributed by atoms with Gasteiger partial charge in [0.1, 0.15) is 6.04 Å². The third-order valence-corrected chi connectivity index (χ3v) is 4.69. The molecule has 0 aliphatic heterocycles. The van der Waals surface area contributed by atoms with E-state index in [1.165, 1.54) is 0 Å². The topological polar surface area (TPSA) is 70.2 Å². The molecule has 2 aliphatic carbocycles. The van der Waals surface area contributed by atoms with Crippen LogP contribution in [0.3, 0.4) is 0 Å². The SMILES string of the molecule is O=C(NC1CC1)c1ccc(N[C@@H](C(=O)NC2CC2)c2ccccc2)cc1. The Labute approximate surface area is 153 Å². The van der Waals surface area contributed by atoms with Crippen molar-refractivity contribution in [2.45, 2.75) is 43.8 Å². The van der Waals surface area contributed by atoms with Crippen molar-refractivity contribution in [3.63, 3.8) is 0 Å². The van der Waals surface area contributed by atoms with Gasteiger partial charge in [0.2, 0.25) is 5.91 Å². The maximum atomic E-state index is 12.7. The smallest absolute Gasteiger partial charge is 0.251 e. The zero-order valence-electron chi connectivity index (χ0n) is 14.6. The van der Waals surface area contributed by atoms with Crippen molar-refractivity contribution in [3.05, 3.63) is 65.7 Å². The molecule has 1 atom stereocenters. The summed E-state index contributed by atoms with van der Waals surface area (Å²) in [4.78, 5) is 24.8. The van der Waals surface area contributed by atoms with Crippen molar-refractivity contribution in [1.82, 2.24) is 10.6 Å². The van der Waals surface area contributed by atoms with Gasteiger partial charge in [-0.15, -0.1) is 0 Å². The minimum atomic E-state index is -0.456. The molecule has 0 radical (unpaired) electrons. The van der Waals surface area contributed by atoms with Crippen molar-refractivity contribution in [3.8, 4) is 0 Å². The molecular formula is C21H23N3O2. The maximum absolute atomic E-state index is 12.7. The Bertz CT molecular complexity index is 781. The zero-order valence-corrected chi connectivity index (χ0v) is 14.6. The Kier molecular flexibility index (Phi) is 4.61. The number of carbonyl (C=O) groups excluding carboxylic acids is 2. The van der Waals surface area contributed by atoms with E-state index in [9.17, 15) is 9.59 Å². The van der Waals surface area contributed by atoms with Crippen LogP contribution in [0.15, 0.2) is 54.6 Å². The number of nitrogens with one attached hydrogen (secondary N) is 3. The van der Waals surface area contributed by atoms with Gasteiger partial charge in [-0.2, -0.15) is 0 Å². The molecule has 2 fully saturated rings. The van der Waals surface area contributed by atoms with Gasteiger partial charge in [-0.1, -0.05) is 30.3 Å². The fourth-order valence-electron chi connectivity index (χ4n) is 2.84. The van der Waals surface area contributed by atoms with Crippen molar-refractivity contribution in [2.24, 2.45) is 0 Å². The minimum absolute atomic E-state index is 0.0192. The quantitative estimate of drug-likeness (QED) is 0.720. The lowest BCUT2D eigenvalue weighted by molar-refractivity contribution is -0.122. The van der Waals surface area contributed by atoms with E-state index in [-0.39, 0.29) is 11.8 Å². The summed E-state index contributed by atoms with van der Waals surface area (Å²) in [5.41, 5.74) is 2.37. The molecule has 0 spiro atoms. The summed E-state index contributed by atoms with van der Waals surface area (Å²) < 4.78 is 0. The molecule has 0 aromatic heterocycles. The number of benzene rings is 2. The first-order valence-corrected chi connectivity index (χ1v) is 9.22. The van der Waals surface area contributed by atoms with Crippen LogP contribution in [-0.4, -0.2) is 23.9 Å². The van der Waals surface area contributed by atoms with Gasteiger partial charge in [-0.05, 0) is 55.5 Å². The highest BCUT2D eigenvalue weighted by Gasteiger charge is 2.28. The Morgan fingerprint density at radius 3 is 2.04 bits per heavy atom. The second-order valence-electron chi connectivity index (χ2n) is 7.10. The van der Waals surface area contributed by atoms with Crippen molar-refractivity contribution in [2.75, 3.05) is 5.32 Å². The van der Waals surface area contributed by atoms with E-state index in [0.29, 0.717) is 17.6 Å². The second-order valence-corrected chi connectivity index (χ2v) is 7.10. The van der Waals surface area contributed by atoms with E-state index in [2.05, 4.69) is 16.0 Å². The molecule has 0 saturated heterocycles. The summed E-state index contributed by atoms with van der Waals surface area (Å²) in [7, 11) is 0. The van der Waals surface area contributed by atoms with Crippen LogP contribution in [0.4, 0.5) is 5.69 Å². The monoisotopic (exact) mass is 349 g/mol. The van der Waals surface area contributed by atoms with Gasteiger partial charge in [0.15, 0.2) is 0 Å². The fraction of sp³-hybridized carbons (Fsp3) is 0.333. The van der Waals surface area contributed by atoms with Crippen molar-refractivity contribution in [1.29, 1.82) is 0 Å². The van der Waals surface area contributed by atoms with E-state index < -0.39 is 6.04 Å². The highest BCUT2D eigenvalue weighted by atomic mass is 16.2. The van der Waals surface area contributed by atoms with E-state index in [4.69, 9.17) is 0 Å². The molecule has 2 aliphatic rings. The highest BCUT2D eigenvalue weighted by molar-refractivity contribution is 5.95. The predicted molar refractivity (Wildman–Crippen MR) is 101 cm³/mol. The largest absolute Gasteiger partial charge is 0.370 e. The number of hydrogen-bond donors (Lipinski definition) is 3. The van der Waals surface area contributed by atoms with Gasteiger partial charge in [0.05, 0.1) is 0 Å². The number of amides is 2. The third kappa shape index (κ3) is 4.23. The van der Waals surface area contributed by atoms with E-state index >= 15 is 0 Å². The van der Waals surface area contributed by atoms with Crippen LogP contribution in [0, 0.1) is 0 Å². The summed E-state index contributed by atoms with van der Waals surface area (Å²) >= 11 is 0. The van der Waals surface area contributed by atoms with Gasteiger partial charge >= 0.3 is 0 Å². The third-order valence-electron chi connectivity index (χ3n) is 4.69. The first-order valence-electron chi connectivity index (χ1n) is 9.22. The average Bonchev–Trinajstić information content (AvgIpc) is 3.58. The van der Waals surface area contributed by atoms with Crippen molar-refractivity contribution >= 4 is 17.5 Å². The Hall–Kier alpha value is -2.82. The standard InChI is InChI=1S/C21H23N3O2/c25-20(23-17-10-11-17)15-6-8-16(9-7-15)22-19(14-4-2-1-3-5-14)21(26)24-18-12-13-18/h1-9,17-19,22H,10-13H2,(H,23,25)(H,24,26)/t19-/m1/s1. The Morgan fingerprint density at radius 2 is 1.42 bits per heavy atom. The lowest BCUT2D eigenvalue weighted by Crippen LogP contribution is -2.34. The average molecular weight is 349 g/mol.